The minimum Gasteiger partial charge on any atom is -0.0839 e. The van der Waals surface area contributed by atoms with Gasteiger partial charge < -0.3 is 0 Å². The fraction of sp³-hybridized carbons (Fsp3) is 0.118. The van der Waals surface area contributed by atoms with Crippen molar-refractivity contribution < 1.29 is 0 Å². The highest BCUT2D eigenvalue weighted by atomic mass is 32.1. The van der Waals surface area contributed by atoms with Crippen LogP contribution in [0.3, 0.4) is 0 Å². The molecule has 18 heavy (non-hydrogen) atoms. The summed E-state index contributed by atoms with van der Waals surface area (Å²) < 4.78 is 0. The number of rotatable bonds is 2. The minimum atomic E-state index is 0.903. The average Bonchev–Trinajstić information content (AvgIpc) is 2.40. The molecule has 0 radical (unpaired) electrons. The zero-order chi connectivity index (χ0) is 12.4. The molecule has 0 bridgehead atoms. The van der Waals surface area contributed by atoms with Crippen LogP contribution in [0, 0.1) is 0 Å². The second kappa shape index (κ2) is 4.87. The van der Waals surface area contributed by atoms with Crippen molar-refractivity contribution in [2.75, 3.05) is 0 Å². The van der Waals surface area contributed by atoms with Crippen LogP contribution in [0.15, 0.2) is 54.6 Å². The monoisotopic (exact) mass is 250 g/mol. The number of thiocarbonyl (C=S) groups is 1. The van der Waals surface area contributed by atoms with E-state index in [4.69, 9.17) is 12.2 Å². The van der Waals surface area contributed by atoms with Crippen LogP contribution < -0.4 is 0 Å². The molecule has 3 rings (SSSR count). The van der Waals surface area contributed by atoms with Gasteiger partial charge in [-0.2, -0.15) is 0 Å². The van der Waals surface area contributed by atoms with E-state index in [1.54, 1.807) is 0 Å². The molecule has 2 aromatic rings. The second-order valence-corrected chi connectivity index (χ2v) is 5.11. The van der Waals surface area contributed by atoms with Gasteiger partial charge in [0.25, 0.3) is 0 Å². The van der Waals surface area contributed by atoms with Gasteiger partial charge in [0.05, 0.1) is 0 Å². The molecule has 88 valence electrons. The lowest BCUT2D eigenvalue weighted by atomic mass is 9.93. The van der Waals surface area contributed by atoms with Gasteiger partial charge in [-0.05, 0) is 28.7 Å². The highest BCUT2D eigenvalue weighted by molar-refractivity contribution is 7.80. The third-order valence-corrected chi connectivity index (χ3v) is 3.65. The van der Waals surface area contributed by atoms with E-state index in [0.29, 0.717) is 0 Å². The average molecular weight is 250 g/mol. The quantitative estimate of drug-likeness (QED) is 0.711. The Morgan fingerprint density at radius 1 is 0.944 bits per heavy atom. The molecule has 2 aromatic carbocycles. The molecule has 0 heterocycles. The van der Waals surface area contributed by atoms with Gasteiger partial charge in [0.2, 0.25) is 0 Å². The Bertz CT molecular complexity index is 609. The lowest BCUT2D eigenvalue weighted by molar-refractivity contribution is 1.19. The second-order valence-electron chi connectivity index (χ2n) is 4.61. The van der Waals surface area contributed by atoms with E-state index in [0.717, 1.165) is 17.7 Å². The maximum absolute atomic E-state index is 5.38. The summed E-state index contributed by atoms with van der Waals surface area (Å²) in [6, 6.07) is 17.2. The molecular formula is C17H14S. The molecular weight excluding hydrogens is 236 g/mol. The number of hydrogen-bond acceptors (Lipinski definition) is 1. The molecule has 0 saturated carbocycles. The SMILES string of the molecule is S=C1CC=Cc2cc(Cc3ccccc3)ccc21. The highest BCUT2D eigenvalue weighted by Gasteiger charge is 2.09. The molecule has 1 aliphatic carbocycles. The van der Waals surface area contributed by atoms with Gasteiger partial charge in [0.15, 0.2) is 0 Å². The minimum absolute atomic E-state index is 0.903. The third kappa shape index (κ3) is 2.27. The van der Waals surface area contributed by atoms with Crippen LogP contribution in [0.5, 0.6) is 0 Å². The van der Waals surface area contributed by atoms with Crippen molar-refractivity contribution in [2.24, 2.45) is 0 Å². The molecule has 0 spiro atoms. The standard InChI is InChI=1S/C17H14S/c18-17-8-4-7-15-12-14(9-10-16(15)17)11-13-5-2-1-3-6-13/h1-7,9-10,12H,8,11H2. The summed E-state index contributed by atoms with van der Waals surface area (Å²) in [4.78, 5) is 1.05. The van der Waals surface area contributed by atoms with Gasteiger partial charge in [0.1, 0.15) is 0 Å². The van der Waals surface area contributed by atoms with Crippen molar-refractivity contribution in [1.82, 2.24) is 0 Å². The van der Waals surface area contributed by atoms with Gasteiger partial charge in [-0.1, -0.05) is 72.9 Å². The summed E-state index contributed by atoms with van der Waals surface area (Å²) in [6.07, 6.45) is 6.21. The predicted molar refractivity (Wildman–Crippen MR) is 81.0 cm³/mol. The van der Waals surface area contributed by atoms with Crippen LogP contribution in [-0.2, 0) is 6.42 Å². The van der Waals surface area contributed by atoms with Crippen molar-refractivity contribution in [3.63, 3.8) is 0 Å². The topological polar surface area (TPSA) is 0 Å². The Kier molecular flexibility index (Phi) is 3.07. The fourth-order valence-electron chi connectivity index (χ4n) is 2.35. The lowest BCUT2D eigenvalue weighted by Gasteiger charge is -2.13. The molecule has 0 amide bonds. The van der Waals surface area contributed by atoms with Crippen molar-refractivity contribution in [3.05, 3.63) is 76.9 Å². The number of benzene rings is 2. The Morgan fingerprint density at radius 3 is 2.61 bits per heavy atom. The number of fused-ring (bicyclic) bond motifs is 1. The number of allylic oxidation sites excluding steroid dienone is 1. The molecule has 0 unspecified atom stereocenters. The van der Waals surface area contributed by atoms with Crippen LogP contribution >= 0.6 is 12.2 Å². The summed E-state index contributed by atoms with van der Waals surface area (Å²) >= 11 is 5.38. The van der Waals surface area contributed by atoms with Crippen LogP contribution in [-0.4, -0.2) is 4.86 Å². The van der Waals surface area contributed by atoms with Crippen molar-refractivity contribution >= 4 is 23.2 Å². The summed E-state index contributed by atoms with van der Waals surface area (Å²) in [7, 11) is 0. The predicted octanol–water partition coefficient (Wildman–Crippen LogP) is 4.41. The molecule has 0 N–H and O–H groups in total. The molecule has 1 heteroatoms. The van der Waals surface area contributed by atoms with E-state index in [-0.39, 0.29) is 0 Å². The molecule has 0 nitrogen and oxygen atoms in total. The van der Waals surface area contributed by atoms with Gasteiger partial charge in [-0.15, -0.1) is 0 Å². The molecule has 0 aliphatic heterocycles. The van der Waals surface area contributed by atoms with Gasteiger partial charge in [0, 0.05) is 11.3 Å². The smallest absolute Gasteiger partial charge is 0.0268 e. The van der Waals surface area contributed by atoms with Crippen LogP contribution in [0.4, 0.5) is 0 Å². The van der Waals surface area contributed by atoms with Gasteiger partial charge >= 0.3 is 0 Å². The fourth-order valence-corrected chi connectivity index (χ4v) is 2.63. The third-order valence-electron chi connectivity index (χ3n) is 3.27. The van der Waals surface area contributed by atoms with Crippen molar-refractivity contribution in [3.8, 4) is 0 Å². The zero-order valence-electron chi connectivity index (χ0n) is 10.1. The van der Waals surface area contributed by atoms with Crippen molar-refractivity contribution in [1.29, 1.82) is 0 Å². The lowest BCUT2D eigenvalue weighted by Crippen LogP contribution is -2.03. The number of hydrogen-bond donors (Lipinski definition) is 0. The van der Waals surface area contributed by atoms with E-state index in [9.17, 15) is 0 Å². The van der Waals surface area contributed by atoms with Crippen LogP contribution in [0.1, 0.15) is 28.7 Å². The molecule has 0 saturated heterocycles. The van der Waals surface area contributed by atoms with E-state index >= 15 is 0 Å². The Labute approximate surface area is 113 Å². The van der Waals surface area contributed by atoms with E-state index < -0.39 is 0 Å². The summed E-state index contributed by atoms with van der Waals surface area (Å²) in [5, 5.41) is 0. The first-order valence-electron chi connectivity index (χ1n) is 6.19. The zero-order valence-corrected chi connectivity index (χ0v) is 10.9. The molecule has 0 fully saturated rings. The molecule has 1 aliphatic rings. The van der Waals surface area contributed by atoms with E-state index in [1.807, 2.05) is 0 Å². The summed E-state index contributed by atoms with van der Waals surface area (Å²) in [5.74, 6) is 0. The first-order valence-corrected chi connectivity index (χ1v) is 6.60. The Hall–Kier alpha value is -1.73. The first kappa shape index (κ1) is 11.4. The first-order chi connectivity index (χ1) is 8.83. The van der Waals surface area contributed by atoms with E-state index in [2.05, 4.69) is 60.7 Å². The van der Waals surface area contributed by atoms with Gasteiger partial charge in [-0.25, -0.2) is 0 Å². The largest absolute Gasteiger partial charge is 0.0839 e. The summed E-state index contributed by atoms with van der Waals surface area (Å²) in [5.41, 5.74) is 5.18. The van der Waals surface area contributed by atoms with Gasteiger partial charge in [-0.3, -0.25) is 0 Å². The van der Waals surface area contributed by atoms with Crippen LogP contribution in [0.2, 0.25) is 0 Å². The molecule has 0 aromatic heterocycles. The van der Waals surface area contributed by atoms with Crippen molar-refractivity contribution in [2.45, 2.75) is 12.8 Å². The Morgan fingerprint density at radius 2 is 1.78 bits per heavy atom. The maximum atomic E-state index is 5.38. The normalized spacial score (nSPS) is 13.4. The molecule has 0 atom stereocenters. The highest BCUT2D eigenvalue weighted by Crippen LogP contribution is 2.22. The Balaban J connectivity index is 1.92. The summed E-state index contributed by atoms with van der Waals surface area (Å²) in [6.45, 7) is 0. The van der Waals surface area contributed by atoms with E-state index in [1.165, 1.54) is 22.3 Å². The van der Waals surface area contributed by atoms with Crippen LogP contribution in [0.25, 0.3) is 6.08 Å². The maximum Gasteiger partial charge on any atom is 0.0268 e.